The predicted molar refractivity (Wildman–Crippen MR) is 144 cm³/mol. The van der Waals surface area contributed by atoms with E-state index >= 15 is 0 Å². The fourth-order valence-corrected chi connectivity index (χ4v) is 4.00. The fraction of sp³-hybridized carbons (Fsp3) is 0.419. The topological polar surface area (TPSA) is 50.2 Å². The summed E-state index contributed by atoms with van der Waals surface area (Å²) in [7, 11) is 0. The van der Waals surface area contributed by atoms with Gasteiger partial charge in [0.2, 0.25) is 0 Å². The summed E-state index contributed by atoms with van der Waals surface area (Å²) in [5.74, 6) is 0.437. The van der Waals surface area contributed by atoms with Gasteiger partial charge >= 0.3 is 0 Å². The summed E-state index contributed by atoms with van der Waals surface area (Å²) in [6.07, 6.45) is 6.76. The maximum absolute atomic E-state index is 12.0. The molecule has 0 aliphatic heterocycles. The molecule has 1 radical (unpaired) electrons. The molecule has 35 heavy (non-hydrogen) atoms. The number of carbonyl (C=O) groups is 1. The number of hydrogen-bond donors (Lipinski definition) is 1. The Labute approximate surface area is 225 Å². The van der Waals surface area contributed by atoms with Gasteiger partial charge in [-0.3, -0.25) is 4.79 Å². The van der Waals surface area contributed by atoms with Gasteiger partial charge in [-0.2, -0.15) is 0 Å². The minimum atomic E-state index is -0.319. The van der Waals surface area contributed by atoms with Crippen LogP contribution in [-0.2, 0) is 24.9 Å². The van der Waals surface area contributed by atoms with Crippen LogP contribution in [0, 0.1) is 31.2 Å². The van der Waals surface area contributed by atoms with Gasteiger partial charge in [-0.05, 0) is 42.1 Å². The van der Waals surface area contributed by atoms with E-state index in [-0.39, 0.29) is 43.0 Å². The van der Waals surface area contributed by atoms with E-state index in [1.54, 1.807) is 0 Å². The zero-order valence-corrected chi connectivity index (χ0v) is 24.6. The first-order valence-corrected chi connectivity index (χ1v) is 12.5. The molecule has 0 aliphatic carbocycles. The van der Waals surface area contributed by atoms with Crippen LogP contribution in [0.5, 0.6) is 0 Å². The molecular formula is C31H40IrNO2-. The molecule has 1 heterocycles. The molecule has 0 saturated carbocycles. The molecule has 0 atom stereocenters. The van der Waals surface area contributed by atoms with Crippen LogP contribution in [0.1, 0.15) is 71.4 Å². The van der Waals surface area contributed by atoms with E-state index < -0.39 is 0 Å². The molecule has 0 unspecified atom stereocenters. The summed E-state index contributed by atoms with van der Waals surface area (Å²) in [4.78, 5) is 16.6. The summed E-state index contributed by atoms with van der Waals surface area (Å²) in [5, 5.41) is 12.3. The van der Waals surface area contributed by atoms with E-state index in [1.165, 1.54) is 22.4 Å². The van der Waals surface area contributed by atoms with Crippen LogP contribution in [0.25, 0.3) is 22.0 Å². The Hall–Kier alpha value is -2.29. The van der Waals surface area contributed by atoms with Crippen LogP contribution in [0.3, 0.4) is 0 Å². The molecule has 1 aromatic heterocycles. The number of fused-ring (bicyclic) bond motifs is 1. The summed E-state index contributed by atoms with van der Waals surface area (Å²) in [6.45, 7) is 14.2. The van der Waals surface area contributed by atoms with Crippen molar-refractivity contribution in [3.8, 4) is 11.3 Å². The van der Waals surface area contributed by atoms with E-state index in [0.717, 1.165) is 42.5 Å². The Morgan fingerprint density at radius 1 is 1.03 bits per heavy atom. The van der Waals surface area contributed by atoms with E-state index in [0.29, 0.717) is 0 Å². The van der Waals surface area contributed by atoms with Crippen LogP contribution in [0.2, 0.25) is 0 Å². The van der Waals surface area contributed by atoms with Crippen LogP contribution < -0.4 is 0 Å². The van der Waals surface area contributed by atoms with Crippen LogP contribution in [-0.4, -0.2) is 15.9 Å². The maximum atomic E-state index is 12.0. The molecule has 0 aliphatic rings. The first-order chi connectivity index (χ1) is 16.2. The number of aromatic nitrogens is 1. The van der Waals surface area contributed by atoms with Gasteiger partial charge in [0.25, 0.3) is 0 Å². The van der Waals surface area contributed by atoms with Gasteiger partial charge in [-0.15, -0.1) is 34.9 Å². The first-order valence-electron chi connectivity index (χ1n) is 12.5. The molecular weight excluding hydrogens is 611 g/mol. The molecule has 0 amide bonds. The number of allylic oxidation sites excluding steroid dienone is 2. The maximum Gasteiger partial charge on any atom is 0.164 e. The number of pyridine rings is 1. The van der Waals surface area contributed by atoms with Crippen LogP contribution in [0.4, 0.5) is 0 Å². The second-order valence-corrected chi connectivity index (χ2v) is 9.39. The molecule has 3 nitrogen and oxygen atoms in total. The third-order valence-corrected chi connectivity index (χ3v) is 6.89. The smallest absolute Gasteiger partial charge is 0.164 e. The van der Waals surface area contributed by atoms with Crippen molar-refractivity contribution in [1.29, 1.82) is 0 Å². The third-order valence-electron chi connectivity index (χ3n) is 6.89. The Balaban J connectivity index is 0.000000344. The average Bonchev–Trinajstić information content (AvgIpc) is 2.83. The van der Waals surface area contributed by atoms with Gasteiger partial charge in [-0.25, -0.2) is 0 Å². The molecule has 0 saturated heterocycles. The standard InChI is InChI=1S/C17H14N.C14H26O2.Ir/c1-12-7-13(2)9-16(8-12)17-10-14-5-3-4-6-15(14)11-18-17;1-6-11(7-2)12(15)10-13(16)14(5,8-3)9-4;/h3-8,10-11H,1-2H3;10-11,15H,6-9H2,1-5H3;/q-1;;/b;12-10-;. The summed E-state index contributed by atoms with van der Waals surface area (Å²) in [5.41, 5.74) is 4.13. The minimum absolute atomic E-state index is 0. The van der Waals surface area contributed by atoms with Crippen molar-refractivity contribution in [2.45, 2.75) is 74.1 Å². The molecule has 0 bridgehead atoms. The Morgan fingerprint density at radius 3 is 2.17 bits per heavy atom. The molecule has 4 heteroatoms. The summed E-state index contributed by atoms with van der Waals surface area (Å²) in [6, 6.07) is 18.0. The summed E-state index contributed by atoms with van der Waals surface area (Å²) < 4.78 is 0. The summed E-state index contributed by atoms with van der Waals surface area (Å²) >= 11 is 0. The van der Waals surface area contributed by atoms with Gasteiger partial charge < -0.3 is 10.1 Å². The number of aliphatic hydroxyl groups excluding tert-OH is 1. The predicted octanol–water partition coefficient (Wildman–Crippen LogP) is 8.58. The van der Waals surface area contributed by atoms with Gasteiger partial charge in [0.1, 0.15) is 0 Å². The number of benzene rings is 2. The van der Waals surface area contributed by atoms with Gasteiger partial charge in [0, 0.05) is 43.7 Å². The molecule has 3 aromatic rings. The molecule has 191 valence electrons. The van der Waals surface area contributed by atoms with Crippen LogP contribution in [0.15, 0.2) is 60.5 Å². The number of aryl methyl sites for hydroxylation is 2. The Bertz CT molecular complexity index is 1110. The van der Waals surface area contributed by atoms with Crippen molar-refractivity contribution in [3.05, 3.63) is 77.7 Å². The van der Waals surface area contributed by atoms with E-state index in [9.17, 15) is 9.90 Å². The number of aliphatic hydroxyl groups is 1. The van der Waals surface area contributed by atoms with Crippen molar-refractivity contribution in [3.63, 3.8) is 0 Å². The van der Waals surface area contributed by atoms with E-state index in [2.05, 4.69) is 61.3 Å². The van der Waals surface area contributed by atoms with Gasteiger partial charge in [0.15, 0.2) is 5.78 Å². The normalized spacial score (nSPS) is 11.6. The molecule has 1 N–H and O–H groups in total. The van der Waals surface area contributed by atoms with Crippen molar-refractivity contribution < 1.29 is 30.0 Å². The van der Waals surface area contributed by atoms with Gasteiger partial charge in [-0.1, -0.05) is 78.8 Å². The molecule has 3 rings (SSSR count). The second-order valence-electron chi connectivity index (χ2n) is 9.39. The average molecular weight is 651 g/mol. The van der Waals surface area contributed by atoms with Crippen LogP contribution >= 0.6 is 0 Å². The SMILES string of the molecule is CCC(CC)/C(O)=C/C(=O)C(C)(CC)CC.Cc1[c-]c(-c2cc3ccccc3cn2)cc(C)c1.[Ir]. The Kier molecular flexibility index (Phi) is 12.6. The Morgan fingerprint density at radius 2 is 1.63 bits per heavy atom. The van der Waals surface area contributed by atoms with Crippen molar-refractivity contribution in [2.75, 3.05) is 0 Å². The number of carbonyl (C=O) groups excluding carboxylic acids is 1. The second kappa shape index (κ2) is 14.3. The number of rotatable bonds is 8. The third kappa shape index (κ3) is 8.40. The zero-order valence-electron chi connectivity index (χ0n) is 22.2. The van der Waals surface area contributed by atoms with Crippen molar-refractivity contribution >= 4 is 16.6 Å². The molecule has 0 fully saturated rings. The largest absolute Gasteiger partial charge is 0.512 e. The van der Waals surface area contributed by atoms with E-state index in [1.807, 2.05) is 46.9 Å². The molecule has 0 spiro atoms. The molecule has 2 aromatic carbocycles. The van der Waals surface area contributed by atoms with Crippen molar-refractivity contribution in [2.24, 2.45) is 11.3 Å². The quantitative estimate of drug-likeness (QED) is 0.151. The van der Waals surface area contributed by atoms with Gasteiger partial charge in [0.05, 0.1) is 5.76 Å². The number of nitrogens with zero attached hydrogens (tertiary/aromatic N) is 1. The number of ketones is 1. The monoisotopic (exact) mass is 651 g/mol. The number of hydrogen-bond acceptors (Lipinski definition) is 3. The van der Waals surface area contributed by atoms with Crippen molar-refractivity contribution in [1.82, 2.24) is 4.98 Å². The minimum Gasteiger partial charge on any atom is -0.512 e. The van der Waals surface area contributed by atoms with E-state index in [4.69, 9.17) is 0 Å². The zero-order chi connectivity index (χ0) is 25.3. The fourth-order valence-electron chi connectivity index (χ4n) is 4.00. The first kappa shape index (κ1) is 30.7.